The highest BCUT2D eigenvalue weighted by atomic mass is 16.1. The van der Waals surface area contributed by atoms with E-state index in [0.717, 1.165) is 54.3 Å². The summed E-state index contributed by atoms with van der Waals surface area (Å²) in [6.07, 6.45) is 0. The fourth-order valence-corrected chi connectivity index (χ4v) is 3.41. The number of piperazine rings is 1. The van der Waals surface area contributed by atoms with Gasteiger partial charge in [-0.25, -0.2) is 9.97 Å². The summed E-state index contributed by atoms with van der Waals surface area (Å²) in [4.78, 5) is 25.7. The first-order valence-corrected chi connectivity index (χ1v) is 9.24. The van der Waals surface area contributed by atoms with Crippen LogP contribution in [0.15, 0.2) is 54.6 Å². The lowest BCUT2D eigenvalue weighted by molar-refractivity contribution is -0.121. The number of carbonyl (C=O) groups excluding carboxylic acids is 1. The van der Waals surface area contributed by atoms with Gasteiger partial charge >= 0.3 is 0 Å². The van der Waals surface area contributed by atoms with Gasteiger partial charge in [0, 0.05) is 44.2 Å². The monoisotopic (exact) mass is 361 g/mol. The van der Waals surface area contributed by atoms with E-state index in [9.17, 15) is 4.79 Å². The van der Waals surface area contributed by atoms with Gasteiger partial charge in [0.1, 0.15) is 0 Å². The highest BCUT2D eigenvalue weighted by molar-refractivity contribution is 5.93. The van der Waals surface area contributed by atoms with Gasteiger partial charge in [-0.3, -0.25) is 9.69 Å². The van der Waals surface area contributed by atoms with E-state index in [1.54, 1.807) is 7.05 Å². The fraction of sp³-hybridized carbons (Fsp3) is 0.286. The molecule has 1 aliphatic heterocycles. The molecule has 138 valence electrons. The summed E-state index contributed by atoms with van der Waals surface area (Å²) in [6, 6.07) is 18.4. The van der Waals surface area contributed by atoms with Gasteiger partial charge in [-0.1, -0.05) is 48.5 Å². The van der Waals surface area contributed by atoms with Gasteiger partial charge in [0.05, 0.1) is 17.8 Å². The summed E-state index contributed by atoms with van der Waals surface area (Å²) < 4.78 is 0. The Balaban J connectivity index is 1.63. The van der Waals surface area contributed by atoms with Crippen molar-refractivity contribution in [2.24, 2.45) is 0 Å². The number of para-hydroxylation sites is 1. The number of nitrogens with zero attached hydrogens (tertiary/aromatic N) is 4. The molecule has 1 saturated heterocycles. The van der Waals surface area contributed by atoms with Gasteiger partial charge in [-0.05, 0) is 6.07 Å². The van der Waals surface area contributed by atoms with E-state index in [4.69, 9.17) is 9.97 Å². The quantitative estimate of drug-likeness (QED) is 0.772. The number of anilines is 1. The number of hydrogen-bond donors (Lipinski definition) is 1. The van der Waals surface area contributed by atoms with Crippen molar-refractivity contribution in [3.63, 3.8) is 0 Å². The van der Waals surface area contributed by atoms with Gasteiger partial charge < -0.3 is 10.2 Å². The lowest BCUT2D eigenvalue weighted by Gasteiger charge is -2.34. The Morgan fingerprint density at radius 2 is 1.67 bits per heavy atom. The van der Waals surface area contributed by atoms with Crippen LogP contribution in [-0.2, 0) is 4.79 Å². The molecule has 2 heterocycles. The van der Waals surface area contributed by atoms with Crippen LogP contribution >= 0.6 is 0 Å². The summed E-state index contributed by atoms with van der Waals surface area (Å²) >= 11 is 0. The number of nitrogens with one attached hydrogen (secondary N) is 1. The lowest BCUT2D eigenvalue weighted by Crippen LogP contribution is -2.49. The molecule has 1 amide bonds. The van der Waals surface area contributed by atoms with E-state index in [2.05, 4.69) is 33.3 Å². The van der Waals surface area contributed by atoms with Gasteiger partial charge in [0.25, 0.3) is 0 Å². The Morgan fingerprint density at radius 1 is 0.963 bits per heavy atom. The summed E-state index contributed by atoms with van der Waals surface area (Å²) in [5.74, 6) is 0.809. The van der Waals surface area contributed by atoms with E-state index in [1.807, 2.05) is 36.4 Å². The van der Waals surface area contributed by atoms with Crippen molar-refractivity contribution >= 4 is 22.8 Å². The summed E-state index contributed by atoms with van der Waals surface area (Å²) in [7, 11) is 1.67. The van der Waals surface area contributed by atoms with Crippen LogP contribution in [0.4, 0.5) is 5.95 Å². The third-order valence-electron chi connectivity index (χ3n) is 4.94. The standard InChI is InChI=1S/C21H23N5O/c1-22-19(27)15-25-11-13-26(14-12-25)21-23-18-10-6-5-9-17(18)20(24-21)16-7-3-2-4-8-16/h2-10H,11-15H2,1H3,(H,22,27). The van der Waals surface area contributed by atoms with Gasteiger partial charge in [-0.2, -0.15) is 0 Å². The van der Waals surface area contributed by atoms with Crippen LogP contribution in [0.1, 0.15) is 0 Å². The van der Waals surface area contributed by atoms with Crippen LogP contribution in [0.25, 0.3) is 22.2 Å². The average Bonchev–Trinajstić information content (AvgIpc) is 2.74. The van der Waals surface area contributed by atoms with Crippen molar-refractivity contribution in [2.75, 3.05) is 44.7 Å². The third kappa shape index (κ3) is 3.75. The molecule has 27 heavy (non-hydrogen) atoms. The summed E-state index contributed by atoms with van der Waals surface area (Å²) in [6.45, 7) is 3.71. The number of likely N-dealkylation sites (N-methyl/N-ethyl adjacent to an activating group) is 1. The Hall–Kier alpha value is -2.99. The van der Waals surface area contributed by atoms with Gasteiger partial charge in [0.15, 0.2) is 0 Å². The molecular formula is C21H23N5O. The minimum Gasteiger partial charge on any atom is -0.358 e. The molecule has 0 aliphatic carbocycles. The number of rotatable bonds is 4. The van der Waals surface area contributed by atoms with Crippen LogP contribution in [0, 0.1) is 0 Å². The number of amides is 1. The number of aromatic nitrogens is 2. The van der Waals surface area contributed by atoms with Crippen LogP contribution in [0.5, 0.6) is 0 Å². The van der Waals surface area contributed by atoms with E-state index in [-0.39, 0.29) is 5.91 Å². The number of carbonyl (C=O) groups is 1. The second-order valence-corrected chi connectivity index (χ2v) is 6.69. The van der Waals surface area contributed by atoms with Crippen LogP contribution in [0.3, 0.4) is 0 Å². The molecule has 6 nitrogen and oxygen atoms in total. The Kier molecular flexibility index (Phi) is 4.98. The molecule has 0 spiro atoms. The minimum absolute atomic E-state index is 0.0526. The maximum absolute atomic E-state index is 11.6. The Labute approximate surface area is 158 Å². The normalized spacial score (nSPS) is 15.1. The number of hydrogen-bond acceptors (Lipinski definition) is 5. The molecule has 0 radical (unpaired) electrons. The molecule has 2 aromatic carbocycles. The maximum Gasteiger partial charge on any atom is 0.233 e. The van der Waals surface area contributed by atoms with Crippen LogP contribution in [0.2, 0.25) is 0 Å². The van der Waals surface area contributed by atoms with Crippen molar-refractivity contribution in [3.8, 4) is 11.3 Å². The molecule has 1 N–H and O–H groups in total. The SMILES string of the molecule is CNC(=O)CN1CCN(c2nc(-c3ccccc3)c3ccccc3n2)CC1. The van der Waals surface area contributed by atoms with E-state index >= 15 is 0 Å². The number of benzene rings is 2. The predicted molar refractivity (Wildman–Crippen MR) is 108 cm³/mol. The zero-order valence-corrected chi connectivity index (χ0v) is 15.4. The lowest BCUT2D eigenvalue weighted by atomic mass is 10.1. The van der Waals surface area contributed by atoms with Crippen LogP contribution < -0.4 is 10.2 Å². The van der Waals surface area contributed by atoms with E-state index < -0.39 is 0 Å². The Morgan fingerprint density at radius 3 is 2.41 bits per heavy atom. The zero-order chi connectivity index (χ0) is 18.6. The maximum atomic E-state index is 11.6. The fourth-order valence-electron chi connectivity index (χ4n) is 3.41. The first-order valence-electron chi connectivity index (χ1n) is 9.24. The van der Waals surface area contributed by atoms with Crippen molar-refractivity contribution in [3.05, 3.63) is 54.6 Å². The molecular weight excluding hydrogens is 338 g/mol. The van der Waals surface area contributed by atoms with Crippen LogP contribution in [-0.4, -0.2) is 60.5 Å². The summed E-state index contributed by atoms with van der Waals surface area (Å²) in [5, 5.41) is 3.74. The summed E-state index contributed by atoms with van der Waals surface area (Å²) in [5.41, 5.74) is 3.01. The largest absolute Gasteiger partial charge is 0.358 e. The highest BCUT2D eigenvalue weighted by Gasteiger charge is 2.21. The van der Waals surface area contributed by atoms with Gasteiger partial charge in [-0.15, -0.1) is 0 Å². The van der Waals surface area contributed by atoms with E-state index in [0.29, 0.717) is 6.54 Å². The minimum atomic E-state index is 0.0526. The van der Waals surface area contributed by atoms with Crippen molar-refractivity contribution < 1.29 is 4.79 Å². The van der Waals surface area contributed by atoms with Gasteiger partial charge in [0.2, 0.25) is 11.9 Å². The highest BCUT2D eigenvalue weighted by Crippen LogP contribution is 2.28. The smallest absolute Gasteiger partial charge is 0.233 e. The molecule has 1 aromatic heterocycles. The molecule has 1 fully saturated rings. The second-order valence-electron chi connectivity index (χ2n) is 6.69. The van der Waals surface area contributed by atoms with Crippen molar-refractivity contribution in [1.29, 1.82) is 0 Å². The molecule has 3 aromatic rings. The zero-order valence-electron chi connectivity index (χ0n) is 15.4. The molecule has 0 atom stereocenters. The van der Waals surface area contributed by atoms with Crippen molar-refractivity contribution in [1.82, 2.24) is 20.2 Å². The molecule has 0 saturated carbocycles. The first-order chi connectivity index (χ1) is 13.2. The second kappa shape index (κ2) is 7.72. The van der Waals surface area contributed by atoms with Crippen molar-refractivity contribution in [2.45, 2.75) is 0 Å². The molecule has 1 aliphatic rings. The predicted octanol–water partition coefficient (Wildman–Crippen LogP) is 2.16. The van der Waals surface area contributed by atoms with E-state index in [1.165, 1.54) is 0 Å². The number of fused-ring (bicyclic) bond motifs is 1. The Bertz CT molecular complexity index is 936. The molecule has 0 bridgehead atoms. The average molecular weight is 361 g/mol. The molecule has 6 heteroatoms. The molecule has 0 unspecified atom stereocenters. The topological polar surface area (TPSA) is 61.4 Å². The third-order valence-corrected chi connectivity index (χ3v) is 4.94. The molecule has 4 rings (SSSR count). The first kappa shape index (κ1) is 17.4.